The minimum Gasteiger partial charge on any atom is -0.316 e. The zero-order chi connectivity index (χ0) is 8.10. The van der Waals surface area contributed by atoms with Gasteiger partial charge < -0.3 is 10.2 Å². The summed E-state index contributed by atoms with van der Waals surface area (Å²) in [6, 6.07) is 0. The van der Waals surface area contributed by atoms with Gasteiger partial charge in [-0.15, -0.1) is 0 Å². The van der Waals surface area contributed by atoms with Gasteiger partial charge in [-0.25, -0.2) is 0 Å². The third-order valence-electron chi connectivity index (χ3n) is 2.61. The van der Waals surface area contributed by atoms with Crippen LogP contribution in [-0.4, -0.2) is 37.6 Å². The maximum atomic E-state index is 3.30. The van der Waals surface area contributed by atoms with Crippen molar-refractivity contribution in [3.63, 3.8) is 0 Å². The van der Waals surface area contributed by atoms with Crippen molar-refractivity contribution < 1.29 is 0 Å². The second-order valence-corrected chi connectivity index (χ2v) is 3.34. The van der Waals surface area contributed by atoms with Crippen LogP contribution in [0.15, 0.2) is 0 Å². The first-order valence-corrected chi connectivity index (χ1v) is 4.79. The van der Waals surface area contributed by atoms with Crippen LogP contribution >= 0.6 is 0 Å². The number of nitrogens with zero attached hydrogens (tertiary/aromatic N) is 1. The van der Waals surface area contributed by atoms with Crippen LogP contribution in [-0.2, 0) is 0 Å². The Morgan fingerprint density at radius 3 is 2.27 bits per heavy atom. The Labute approximate surface area is 70.0 Å². The van der Waals surface area contributed by atoms with Crippen molar-refractivity contribution in [3.8, 4) is 0 Å². The smallest absolute Gasteiger partial charge is 0.000778 e. The lowest BCUT2D eigenvalue weighted by Crippen LogP contribution is -2.43. The predicted molar refractivity (Wildman–Crippen MR) is 48.8 cm³/mol. The van der Waals surface area contributed by atoms with E-state index in [9.17, 15) is 0 Å². The normalized spacial score (nSPS) is 18.8. The van der Waals surface area contributed by atoms with Crippen molar-refractivity contribution in [1.29, 1.82) is 0 Å². The van der Waals surface area contributed by atoms with Crippen LogP contribution in [0, 0.1) is 5.92 Å². The maximum absolute atomic E-state index is 3.30. The molecule has 1 saturated heterocycles. The van der Waals surface area contributed by atoms with Crippen molar-refractivity contribution in [2.75, 3.05) is 32.7 Å². The summed E-state index contributed by atoms with van der Waals surface area (Å²) in [7, 11) is 0. The van der Waals surface area contributed by atoms with E-state index in [0.29, 0.717) is 0 Å². The summed E-state index contributed by atoms with van der Waals surface area (Å²) in [6.45, 7) is 10.7. The highest BCUT2D eigenvalue weighted by molar-refractivity contribution is 4.75. The molecule has 1 aliphatic rings. The summed E-state index contributed by atoms with van der Waals surface area (Å²) < 4.78 is 0. The lowest BCUT2D eigenvalue weighted by Gasteiger charge is -2.29. The zero-order valence-electron chi connectivity index (χ0n) is 7.77. The molecule has 0 bridgehead atoms. The van der Waals surface area contributed by atoms with Crippen molar-refractivity contribution >= 4 is 0 Å². The topological polar surface area (TPSA) is 15.3 Å². The van der Waals surface area contributed by atoms with Crippen molar-refractivity contribution in [3.05, 3.63) is 0 Å². The molecule has 0 spiro atoms. The van der Waals surface area contributed by atoms with Crippen molar-refractivity contribution in [2.24, 2.45) is 5.92 Å². The molecule has 11 heavy (non-hydrogen) atoms. The third kappa shape index (κ3) is 2.80. The van der Waals surface area contributed by atoms with Crippen LogP contribution in [0.2, 0.25) is 0 Å². The molecule has 1 aliphatic heterocycles. The van der Waals surface area contributed by atoms with E-state index in [4.69, 9.17) is 0 Å². The SMILES string of the molecule is CCN(CC)CCC1CNC1. The second kappa shape index (κ2) is 4.73. The molecule has 0 atom stereocenters. The first-order chi connectivity index (χ1) is 5.36. The molecular weight excluding hydrogens is 136 g/mol. The number of rotatable bonds is 5. The summed E-state index contributed by atoms with van der Waals surface area (Å²) in [5.74, 6) is 0.968. The van der Waals surface area contributed by atoms with E-state index in [2.05, 4.69) is 24.1 Å². The largest absolute Gasteiger partial charge is 0.316 e. The number of hydrogen-bond acceptors (Lipinski definition) is 2. The molecule has 2 heteroatoms. The van der Waals surface area contributed by atoms with E-state index in [0.717, 1.165) is 5.92 Å². The van der Waals surface area contributed by atoms with Crippen LogP contribution in [0.1, 0.15) is 20.3 Å². The highest BCUT2D eigenvalue weighted by atomic mass is 15.1. The number of hydrogen-bond donors (Lipinski definition) is 1. The van der Waals surface area contributed by atoms with Crippen molar-refractivity contribution in [2.45, 2.75) is 20.3 Å². The third-order valence-corrected chi connectivity index (χ3v) is 2.61. The Morgan fingerprint density at radius 2 is 1.91 bits per heavy atom. The molecule has 1 fully saturated rings. The Bertz CT molecular complexity index is 95.7. The Morgan fingerprint density at radius 1 is 1.27 bits per heavy atom. The van der Waals surface area contributed by atoms with Gasteiger partial charge in [0, 0.05) is 0 Å². The lowest BCUT2D eigenvalue weighted by molar-refractivity contribution is 0.241. The van der Waals surface area contributed by atoms with Gasteiger partial charge in [-0.3, -0.25) is 0 Å². The number of nitrogens with one attached hydrogen (secondary N) is 1. The molecule has 2 nitrogen and oxygen atoms in total. The first-order valence-electron chi connectivity index (χ1n) is 4.79. The molecule has 0 aliphatic carbocycles. The minimum atomic E-state index is 0.968. The fourth-order valence-electron chi connectivity index (χ4n) is 1.46. The van der Waals surface area contributed by atoms with Gasteiger partial charge in [-0.2, -0.15) is 0 Å². The van der Waals surface area contributed by atoms with Gasteiger partial charge in [-0.1, -0.05) is 13.8 Å². The molecule has 1 heterocycles. The first kappa shape index (κ1) is 9.01. The van der Waals surface area contributed by atoms with E-state index >= 15 is 0 Å². The Hall–Kier alpha value is -0.0800. The van der Waals surface area contributed by atoms with Crippen LogP contribution in [0.5, 0.6) is 0 Å². The van der Waals surface area contributed by atoms with Crippen LogP contribution in [0.25, 0.3) is 0 Å². The fourth-order valence-corrected chi connectivity index (χ4v) is 1.46. The van der Waals surface area contributed by atoms with Gasteiger partial charge >= 0.3 is 0 Å². The molecule has 1 N–H and O–H groups in total. The standard InChI is InChI=1S/C9H20N2/c1-3-11(4-2)6-5-9-7-10-8-9/h9-10H,3-8H2,1-2H3. The minimum absolute atomic E-state index is 0.968. The van der Waals surface area contributed by atoms with E-state index in [1.165, 1.54) is 39.1 Å². The van der Waals surface area contributed by atoms with Gasteiger partial charge in [-0.05, 0) is 45.1 Å². The summed E-state index contributed by atoms with van der Waals surface area (Å²) in [4.78, 5) is 2.50. The van der Waals surface area contributed by atoms with Gasteiger partial charge in [0.1, 0.15) is 0 Å². The summed E-state index contributed by atoms with van der Waals surface area (Å²) in [6.07, 6.45) is 1.38. The summed E-state index contributed by atoms with van der Waals surface area (Å²) in [5.41, 5.74) is 0. The molecule has 0 saturated carbocycles. The average molecular weight is 156 g/mol. The quantitative estimate of drug-likeness (QED) is 0.637. The summed E-state index contributed by atoms with van der Waals surface area (Å²) in [5, 5.41) is 3.30. The van der Waals surface area contributed by atoms with Crippen molar-refractivity contribution in [1.82, 2.24) is 10.2 Å². The van der Waals surface area contributed by atoms with E-state index < -0.39 is 0 Å². The average Bonchev–Trinajstić information content (AvgIpc) is 1.95. The van der Waals surface area contributed by atoms with Gasteiger partial charge in [0.25, 0.3) is 0 Å². The monoisotopic (exact) mass is 156 g/mol. The highest BCUT2D eigenvalue weighted by Crippen LogP contribution is 2.08. The Balaban J connectivity index is 1.99. The second-order valence-electron chi connectivity index (χ2n) is 3.34. The predicted octanol–water partition coefficient (Wildman–Crippen LogP) is 0.938. The molecule has 0 aromatic rings. The van der Waals surface area contributed by atoms with E-state index in [1.807, 2.05) is 0 Å². The van der Waals surface area contributed by atoms with Crippen LogP contribution < -0.4 is 5.32 Å². The van der Waals surface area contributed by atoms with Crippen LogP contribution in [0.4, 0.5) is 0 Å². The molecule has 0 aromatic heterocycles. The molecule has 0 radical (unpaired) electrons. The molecule has 0 unspecified atom stereocenters. The highest BCUT2D eigenvalue weighted by Gasteiger charge is 2.16. The Kier molecular flexibility index (Phi) is 3.87. The molecular formula is C9H20N2. The molecule has 0 amide bonds. The van der Waals surface area contributed by atoms with E-state index in [1.54, 1.807) is 0 Å². The van der Waals surface area contributed by atoms with Crippen LogP contribution in [0.3, 0.4) is 0 Å². The fraction of sp³-hybridized carbons (Fsp3) is 1.00. The van der Waals surface area contributed by atoms with E-state index in [-0.39, 0.29) is 0 Å². The maximum Gasteiger partial charge on any atom is -0.000778 e. The van der Waals surface area contributed by atoms with Gasteiger partial charge in [0.15, 0.2) is 0 Å². The molecule has 0 aromatic carbocycles. The molecule has 1 rings (SSSR count). The zero-order valence-corrected chi connectivity index (χ0v) is 7.77. The lowest BCUT2D eigenvalue weighted by atomic mass is 9.99. The summed E-state index contributed by atoms with van der Waals surface area (Å²) >= 11 is 0. The van der Waals surface area contributed by atoms with Gasteiger partial charge in [0.05, 0.1) is 0 Å². The van der Waals surface area contributed by atoms with Gasteiger partial charge in [0.2, 0.25) is 0 Å². The molecule has 66 valence electrons.